The monoisotopic (exact) mass is 319 g/mol. The molecule has 0 aromatic carbocycles. The van der Waals surface area contributed by atoms with Crippen LogP contribution in [0.1, 0.15) is 66.2 Å². The van der Waals surface area contributed by atoms with Gasteiger partial charge in [0.2, 0.25) is 5.91 Å². The van der Waals surface area contributed by atoms with E-state index in [9.17, 15) is 9.90 Å². The molecule has 0 saturated carbocycles. The number of rotatable bonds is 11. The smallest absolute Gasteiger partial charge is 0.241 e. The molecule has 0 spiro atoms. The van der Waals surface area contributed by atoms with E-state index in [-0.39, 0.29) is 6.61 Å². The molecule has 130 valence electrons. The number of carbonyl (C=O) groups excluding carboxylic acids is 1. The lowest BCUT2D eigenvalue weighted by atomic mass is 10.0. The number of hydrogen-bond acceptors (Lipinski definition) is 2. The van der Waals surface area contributed by atoms with Crippen molar-refractivity contribution in [1.82, 2.24) is 0 Å². The molecule has 0 aliphatic rings. The van der Waals surface area contributed by atoms with Gasteiger partial charge < -0.3 is 10.8 Å². The summed E-state index contributed by atoms with van der Waals surface area (Å²) in [5, 5.41) is 9.42. The van der Waals surface area contributed by atoms with Crippen LogP contribution in [0.4, 0.5) is 0 Å². The second kappa shape index (κ2) is 12.9. The fourth-order valence-electron chi connectivity index (χ4n) is 2.26. The van der Waals surface area contributed by atoms with E-state index >= 15 is 0 Å². The van der Waals surface area contributed by atoms with Crippen molar-refractivity contribution in [1.29, 1.82) is 0 Å². The summed E-state index contributed by atoms with van der Waals surface area (Å²) in [6.45, 7) is 8.41. The predicted molar refractivity (Wildman–Crippen MR) is 99.0 cm³/mol. The van der Waals surface area contributed by atoms with Gasteiger partial charge in [-0.1, -0.05) is 34.9 Å². The van der Waals surface area contributed by atoms with E-state index in [2.05, 4.69) is 39.0 Å². The predicted octanol–water partition coefficient (Wildman–Crippen LogP) is 4.59. The largest absolute Gasteiger partial charge is 0.392 e. The summed E-state index contributed by atoms with van der Waals surface area (Å²) < 4.78 is 0. The SMILES string of the molecule is CC(C)=CCCC(C)=CCCC(=CCCC(C)=CC(N)=O)CO. The summed E-state index contributed by atoms with van der Waals surface area (Å²) >= 11 is 0. The van der Waals surface area contributed by atoms with E-state index in [1.807, 2.05) is 6.92 Å². The normalized spacial score (nSPS) is 13.2. The first-order valence-corrected chi connectivity index (χ1v) is 8.39. The minimum atomic E-state index is -0.400. The van der Waals surface area contributed by atoms with E-state index < -0.39 is 5.91 Å². The maximum Gasteiger partial charge on any atom is 0.241 e. The zero-order valence-electron chi connectivity index (χ0n) is 15.2. The fourth-order valence-corrected chi connectivity index (χ4v) is 2.26. The molecule has 0 aromatic rings. The Hall–Kier alpha value is -1.61. The summed E-state index contributed by atoms with van der Waals surface area (Å²) in [7, 11) is 0. The maximum atomic E-state index is 10.8. The highest BCUT2D eigenvalue weighted by Crippen LogP contribution is 2.13. The molecule has 0 rings (SSSR count). The van der Waals surface area contributed by atoms with E-state index in [0.29, 0.717) is 0 Å². The van der Waals surface area contributed by atoms with Gasteiger partial charge in [0.15, 0.2) is 0 Å². The number of carbonyl (C=O) groups is 1. The molecule has 0 saturated heterocycles. The molecule has 23 heavy (non-hydrogen) atoms. The van der Waals surface area contributed by atoms with Crippen LogP contribution in [0.5, 0.6) is 0 Å². The number of primary amides is 1. The van der Waals surface area contributed by atoms with E-state index in [0.717, 1.165) is 49.7 Å². The lowest BCUT2D eigenvalue weighted by molar-refractivity contribution is -0.113. The Morgan fingerprint density at radius 2 is 1.43 bits per heavy atom. The number of aliphatic hydroxyl groups excluding tert-OH is 1. The van der Waals surface area contributed by atoms with Gasteiger partial charge in [-0.15, -0.1) is 0 Å². The molecule has 3 nitrogen and oxygen atoms in total. The van der Waals surface area contributed by atoms with Gasteiger partial charge >= 0.3 is 0 Å². The van der Waals surface area contributed by atoms with Gasteiger partial charge in [-0.2, -0.15) is 0 Å². The molecular formula is C20H33NO2. The first-order chi connectivity index (χ1) is 10.8. The van der Waals surface area contributed by atoms with Gasteiger partial charge in [-0.05, 0) is 71.8 Å². The Balaban J connectivity index is 4.20. The van der Waals surface area contributed by atoms with Crippen LogP contribution in [0, 0.1) is 0 Å². The highest BCUT2D eigenvalue weighted by molar-refractivity contribution is 5.86. The number of amides is 1. The zero-order valence-corrected chi connectivity index (χ0v) is 15.2. The van der Waals surface area contributed by atoms with Crippen molar-refractivity contribution in [2.75, 3.05) is 6.61 Å². The van der Waals surface area contributed by atoms with Crippen LogP contribution in [-0.4, -0.2) is 17.6 Å². The average molecular weight is 319 g/mol. The highest BCUT2D eigenvalue weighted by Gasteiger charge is 1.97. The number of hydrogen-bond donors (Lipinski definition) is 2. The Morgan fingerprint density at radius 1 is 0.870 bits per heavy atom. The molecule has 3 heteroatoms. The second-order valence-corrected chi connectivity index (χ2v) is 6.36. The lowest BCUT2D eigenvalue weighted by Gasteiger charge is -2.04. The van der Waals surface area contributed by atoms with Crippen LogP contribution in [0.2, 0.25) is 0 Å². The van der Waals surface area contributed by atoms with Crippen molar-refractivity contribution in [3.05, 3.63) is 46.6 Å². The van der Waals surface area contributed by atoms with Crippen molar-refractivity contribution in [3.63, 3.8) is 0 Å². The van der Waals surface area contributed by atoms with Gasteiger partial charge in [0.25, 0.3) is 0 Å². The van der Waals surface area contributed by atoms with Gasteiger partial charge in [0.1, 0.15) is 0 Å². The van der Waals surface area contributed by atoms with Crippen molar-refractivity contribution in [2.24, 2.45) is 5.73 Å². The Morgan fingerprint density at radius 3 is 2.00 bits per heavy atom. The molecule has 0 atom stereocenters. The second-order valence-electron chi connectivity index (χ2n) is 6.36. The van der Waals surface area contributed by atoms with Crippen molar-refractivity contribution in [2.45, 2.75) is 66.2 Å². The summed E-state index contributed by atoms with van der Waals surface area (Å²) in [5.74, 6) is -0.400. The van der Waals surface area contributed by atoms with Crippen LogP contribution in [0.3, 0.4) is 0 Å². The molecule has 0 radical (unpaired) electrons. The van der Waals surface area contributed by atoms with E-state index in [1.165, 1.54) is 17.2 Å². The van der Waals surface area contributed by atoms with Crippen LogP contribution >= 0.6 is 0 Å². The van der Waals surface area contributed by atoms with E-state index in [1.54, 1.807) is 0 Å². The topological polar surface area (TPSA) is 63.3 Å². The first kappa shape index (κ1) is 21.4. The molecule has 0 bridgehead atoms. The van der Waals surface area contributed by atoms with E-state index in [4.69, 9.17) is 5.73 Å². The van der Waals surface area contributed by atoms with Crippen LogP contribution < -0.4 is 5.73 Å². The molecule has 0 aliphatic carbocycles. The first-order valence-electron chi connectivity index (χ1n) is 8.39. The zero-order chi connectivity index (χ0) is 17.7. The summed E-state index contributed by atoms with van der Waals surface area (Å²) in [6, 6.07) is 0. The third-order valence-electron chi connectivity index (χ3n) is 3.61. The molecule has 0 heterocycles. The van der Waals surface area contributed by atoms with Crippen molar-refractivity contribution < 1.29 is 9.90 Å². The van der Waals surface area contributed by atoms with Gasteiger partial charge in [0, 0.05) is 6.08 Å². The van der Waals surface area contributed by atoms with Gasteiger partial charge in [-0.25, -0.2) is 0 Å². The average Bonchev–Trinajstić information content (AvgIpc) is 2.44. The Bertz CT molecular complexity index is 478. The number of aliphatic hydroxyl groups is 1. The highest BCUT2D eigenvalue weighted by atomic mass is 16.3. The quantitative estimate of drug-likeness (QED) is 0.432. The third kappa shape index (κ3) is 13.8. The summed E-state index contributed by atoms with van der Waals surface area (Å²) in [5.41, 5.74) is 9.92. The summed E-state index contributed by atoms with van der Waals surface area (Å²) in [6.07, 6.45) is 13.7. The Kier molecular flexibility index (Phi) is 12.0. The minimum absolute atomic E-state index is 0.100. The molecule has 0 aromatic heterocycles. The Labute approximate surface area is 141 Å². The fraction of sp³-hybridized carbons (Fsp3) is 0.550. The third-order valence-corrected chi connectivity index (χ3v) is 3.61. The van der Waals surface area contributed by atoms with Crippen LogP contribution in [0.15, 0.2) is 46.6 Å². The number of allylic oxidation sites excluding steroid dienone is 6. The maximum absolute atomic E-state index is 10.8. The molecular weight excluding hydrogens is 286 g/mol. The molecule has 3 N–H and O–H groups in total. The molecule has 1 amide bonds. The molecule has 0 aliphatic heterocycles. The van der Waals surface area contributed by atoms with Crippen molar-refractivity contribution >= 4 is 5.91 Å². The standard InChI is InChI=1S/C20H33NO2/c1-16(2)8-5-9-17(3)10-6-12-19(15-22)13-7-11-18(4)14-20(21)23/h8,10,13-14,22H,5-7,9,11-12,15H2,1-4H3,(H2,21,23). The molecule has 0 fully saturated rings. The number of nitrogens with two attached hydrogens (primary N) is 1. The lowest BCUT2D eigenvalue weighted by Crippen LogP contribution is -2.06. The minimum Gasteiger partial charge on any atom is -0.392 e. The van der Waals surface area contributed by atoms with Gasteiger partial charge in [0.05, 0.1) is 6.61 Å². The van der Waals surface area contributed by atoms with Gasteiger partial charge in [-0.3, -0.25) is 4.79 Å². The van der Waals surface area contributed by atoms with Crippen molar-refractivity contribution in [3.8, 4) is 0 Å². The van der Waals surface area contributed by atoms with Crippen LogP contribution in [-0.2, 0) is 4.79 Å². The summed E-state index contributed by atoms with van der Waals surface area (Å²) in [4.78, 5) is 10.8. The van der Waals surface area contributed by atoms with Crippen LogP contribution in [0.25, 0.3) is 0 Å². The molecule has 0 unspecified atom stereocenters.